The predicted molar refractivity (Wildman–Crippen MR) is 103 cm³/mol. The summed E-state index contributed by atoms with van der Waals surface area (Å²) in [6, 6.07) is 17.3. The lowest BCUT2D eigenvalue weighted by molar-refractivity contribution is 0.726. The molecule has 0 saturated carbocycles. The van der Waals surface area contributed by atoms with Crippen LogP contribution < -0.4 is 5.56 Å². The van der Waals surface area contributed by atoms with Crippen molar-refractivity contribution < 1.29 is 0 Å². The Hall–Kier alpha value is -2.37. The summed E-state index contributed by atoms with van der Waals surface area (Å²) in [6.07, 6.45) is 0. The molecule has 0 amide bonds. The summed E-state index contributed by atoms with van der Waals surface area (Å²) >= 11 is 7.80. The van der Waals surface area contributed by atoms with Crippen molar-refractivity contribution in [1.82, 2.24) is 14.5 Å². The van der Waals surface area contributed by atoms with Crippen LogP contribution in [0.1, 0.15) is 5.56 Å². The van der Waals surface area contributed by atoms with Gasteiger partial charge in [-0.3, -0.25) is 9.36 Å². The summed E-state index contributed by atoms with van der Waals surface area (Å²) in [5, 5.41) is 2.81. The summed E-state index contributed by atoms with van der Waals surface area (Å²) in [5.41, 5.74) is 2.46. The molecule has 6 heteroatoms. The summed E-state index contributed by atoms with van der Waals surface area (Å²) < 4.78 is 1.58. The second-order valence-corrected chi connectivity index (χ2v) is 7.00. The highest BCUT2D eigenvalue weighted by Crippen LogP contribution is 2.27. The first kappa shape index (κ1) is 16.1. The van der Waals surface area contributed by atoms with Gasteiger partial charge in [0.25, 0.3) is 5.56 Å². The molecule has 0 fully saturated rings. The Morgan fingerprint density at radius 2 is 1.76 bits per heavy atom. The van der Waals surface area contributed by atoms with Crippen LogP contribution in [0.3, 0.4) is 0 Å². The Bertz CT molecular complexity index is 1160. The molecule has 124 valence electrons. The molecular weight excluding hydrogens is 354 g/mol. The van der Waals surface area contributed by atoms with E-state index in [1.165, 1.54) is 11.8 Å². The smallest absolute Gasteiger partial charge is 0.261 e. The van der Waals surface area contributed by atoms with Gasteiger partial charge < -0.3 is 0 Å². The summed E-state index contributed by atoms with van der Waals surface area (Å²) in [4.78, 5) is 21.5. The average molecular weight is 368 g/mol. The monoisotopic (exact) mass is 367 g/mol. The van der Waals surface area contributed by atoms with Crippen molar-refractivity contribution in [3.63, 3.8) is 0 Å². The molecule has 0 aliphatic rings. The molecule has 4 nitrogen and oxygen atoms in total. The van der Waals surface area contributed by atoms with Crippen molar-refractivity contribution in [2.75, 3.05) is 0 Å². The van der Waals surface area contributed by atoms with Crippen molar-refractivity contribution in [1.29, 1.82) is 0 Å². The van der Waals surface area contributed by atoms with E-state index in [1.807, 2.05) is 48.5 Å². The van der Waals surface area contributed by atoms with Crippen LogP contribution in [0.15, 0.2) is 64.5 Å². The molecule has 25 heavy (non-hydrogen) atoms. The Morgan fingerprint density at radius 1 is 1.04 bits per heavy atom. The molecule has 2 aromatic heterocycles. The van der Waals surface area contributed by atoms with Crippen molar-refractivity contribution in [3.05, 3.63) is 75.7 Å². The highest BCUT2D eigenvalue weighted by molar-refractivity contribution is 7.98. The molecule has 4 aromatic rings. The van der Waals surface area contributed by atoms with Crippen LogP contribution in [0.4, 0.5) is 0 Å². The highest BCUT2D eigenvalue weighted by atomic mass is 35.5. The topological polar surface area (TPSA) is 47.8 Å². The number of pyridine rings is 1. The molecule has 0 saturated heterocycles. The number of aromatic nitrogens is 3. The zero-order chi connectivity index (χ0) is 17.4. The number of benzene rings is 2. The molecule has 0 aliphatic carbocycles. The third-order valence-electron chi connectivity index (χ3n) is 4.05. The Balaban J connectivity index is 1.70. The van der Waals surface area contributed by atoms with Crippen LogP contribution >= 0.6 is 23.4 Å². The maximum absolute atomic E-state index is 12.5. The quantitative estimate of drug-likeness (QED) is 0.305. The Morgan fingerprint density at radius 3 is 2.60 bits per heavy atom. The van der Waals surface area contributed by atoms with Crippen molar-refractivity contribution in [3.8, 4) is 0 Å². The summed E-state index contributed by atoms with van der Waals surface area (Å²) in [7, 11) is 1.74. The lowest BCUT2D eigenvalue weighted by Gasteiger charge is -2.10. The van der Waals surface area contributed by atoms with Crippen LogP contribution in [-0.4, -0.2) is 14.5 Å². The van der Waals surface area contributed by atoms with Crippen molar-refractivity contribution >= 4 is 45.2 Å². The fourth-order valence-corrected chi connectivity index (χ4v) is 3.94. The van der Waals surface area contributed by atoms with E-state index in [4.69, 9.17) is 11.6 Å². The third kappa shape index (κ3) is 3.01. The molecule has 2 aromatic carbocycles. The van der Waals surface area contributed by atoms with Crippen molar-refractivity contribution in [2.45, 2.75) is 10.9 Å². The SMILES string of the molecule is Cn1c(SCc2cc3ccccc3nc2Cl)nc2ccccc2c1=O. The number of rotatable bonds is 3. The highest BCUT2D eigenvalue weighted by Gasteiger charge is 2.11. The van der Waals surface area contributed by atoms with E-state index in [0.717, 1.165) is 16.5 Å². The standard InChI is InChI=1S/C19H14ClN3OS/c1-23-18(24)14-7-3-5-9-16(14)22-19(23)25-11-13-10-12-6-2-4-8-15(12)21-17(13)20/h2-10H,11H2,1H3. The zero-order valence-corrected chi connectivity index (χ0v) is 15.0. The fraction of sp³-hybridized carbons (Fsp3) is 0.105. The van der Waals surface area contributed by atoms with Crippen LogP contribution in [0.25, 0.3) is 21.8 Å². The molecule has 0 atom stereocenters. The van der Waals surface area contributed by atoms with Gasteiger partial charge in [-0.25, -0.2) is 9.97 Å². The molecule has 0 spiro atoms. The lowest BCUT2D eigenvalue weighted by Crippen LogP contribution is -2.19. The molecule has 4 rings (SSSR count). The van der Waals surface area contributed by atoms with E-state index >= 15 is 0 Å². The molecule has 0 bridgehead atoms. The lowest BCUT2D eigenvalue weighted by atomic mass is 10.2. The van der Waals surface area contributed by atoms with Crippen LogP contribution in [0.5, 0.6) is 0 Å². The normalized spacial score (nSPS) is 11.3. The van der Waals surface area contributed by atoms with Crippen LogP contribution in [-0.2, 0) is 12.8 Å². The average Bonchev–Trinajstić information content (AvgIpc) is 2.63. The maximum atomic E-state index is 12.5. The minimum absolute atomic E-state index is 0.0455. The molecule has 0 aliphatic heterocycles. The molecular formula is C19H14ClN3OS. The van der Waals surface area contributed by atoms with Gasteiger partial charge in [0, 0.05) is 23.8 Å². The molecule has 0 radical (unpaired) electrons. The first-order valence-electron chi connectivity index (χ1n) is 7.76. The number of fused-ring (bicyclic) bond motifs is 2. The Kier molecular flexibility index (Phi) is 4.19. The third-order valence-corrected chi connectivity index (χ3v) is 5.45. The van der Waals surface area contributed by atoms with E-state index in [9.17, 15) is 4.79 Å². The minimum atomic E-state index is -0.0455. The maximum Gasteiger partial charge on any atom is 0.261 e. The number of halogens is 1. The molecule has 0 unspecified atom stereocenters. The predicted octanol–water partition coefficient (Wildman–Crippen LogP) is 4.43. The van der Waals surface area contributed by atoms with Gasteiger partial charge in [-0.05, 0) is 24.3 Å². The first-order valence-corrected chi connectivity index (χ1v) is 9.12. The van der Waals surface area contributed by atoms with Gasteiger partial charge in [0.05, 0.1) is 16.4 Å². The van der Waals surface area contributed by atoms with Gasteiger partial charge in [-0.15, -0.1) is 0 Å². The minimum Gasteiger partial charge on any atom is -0.290 e. The summed E-state index contributed by atoms with van der Waals surface area (Å²) in [5.74, 6) is 0.593. The first-order chi connectivity index (χ1) is 12.1. The van der Waals surface area contributed by atoms with Gasteiger partial charge in [0.2, 0.25) is 0 Å². The van der Waals surface area contributed by atoms with Crippen LogP contribution in [0, 0.1) is 0 Å². The fourth-order valence-electron chi connectivity index (χ4n) is 2.71. The molecule has 2 heterocycles. The number of nitrogens with zero attached hydrogens (tertiary/aromatic N) is 3. The van der Waals surface area contributed by atoms with Gasteiger partial charge in [0.1, 0.15) is 5.15 Å². The van der Waals surface area contributed by atoms with Gasteiger partial charge in [0.15, 0.2) is 5.16 Å². The van der Waals surface area contributed by atoms with E-state index < -0.39 is 0 Å². The van der Waals surface area contributed by atoms with E-state index in [-0.39, 0.29) is 5.56 Å². The summed E-state index contributed by atoms with van der Waals surface area (Å²) in [6.45, 7) is 0. The van der Waals surface area contributed by atoms with Gasteiger partial charge in [-0.2, -0.15) is 0 Å². The van der Waals surface area contributed by atoms with E-state index in [0.29, 0.717) is 27.0 Å². The number of hydrogen-bond donors (Lipinski definition) is 0. The second kappa shape index (κ2) is 6.50. The largest absolute Gasteiger partial charge is 0.290 e. The number of hydrogen-bond acceptors (Lipinski definition) is 4. The number of para-hydroxylation sites is 2. The Labute approximate surface area is 153 Å². The zero-order valence-electron chi connectivity index (χ0n) is 13.4. The number of thioether (sulfide) groups is 1. The van der Waals surface area contributed by atoms with Gasteiger partial charge in [-0.1, -0.05) is 53.7 Å². The van der Waals surface area contributed by atoms with Crippen molar-refractivity contribution in [2.24, 2.45) is 7.05 Å². The van der Waals surface area contributed by atoms with Gasteiger partial charge >= 0.3 is 0 Å². The van der Waals surface area contributed by atoms with E-state index in [2.05, 4.69) is 9.97 Å². The second-order valence-electron chi connectivity index (χ2n) is 5.70. The van der Waals surface area contributed by atoms with Crippen LogP contribution in [0.2, 0.25) is 5.15 Å². The van der Waals surface area contributed by atoms with E-state index in [1.54, 1.807) is 17.7 Å². The molecule has 0 N–H and O–H groups in total.